The summed E-state index contributed by atoms with van der Waals surface area (Å²) < 4.78 is 0. The number of rotatable bonds is 4. The van der Waals surface area contributed by atoms with Crippen LogP contribution in [0.5, 0.6) is 0 Å². The highest BCUT2D eigenvalue weighted by Crippen LogP contribution is 2.22. The van der Waals surface area contributed by atoms with Gasteiger partial charge in [-0.2, -0.15) is 5.10 Å². The van der Waals surface area contributed by atoms with Gasteiger partial charge in [-0.25, -0.2) is 0 Å². The molecule has 0 radical (unpaired) electrons. The van der Waals surface area contributed by atoms with Crippen molar-refractivity contribution >= 4 is 51.9 Å². The Kier molecular flexibility index (Phi) is 6.50. The van der Waals surface area contributed by atoms with Crippen LogP contribution in [0.2, 0.25) is 5.02 Å². The van der Waals surface area contributed by atoms with Crippen molar-refractivity contribution in [2.24, 2.45) is 5.10 Å². The Morgan fingerprint density at radius 3 is 2.56 bits per heavy atom. The Hall–Kier alpha value is -2.44. The molecule has 2 aromatic carbocycles. The van der Waals surface area contributed by atoms with E-state index in [1.807, 2.05) is 56.3 Å². The lowest BCUT2D eigenvalue weighted by Gasteiger charge is -2.11. The van der Waals surface area contributed by atoms with Crippen LogP contribution in [0.3, 0.4) is 0 Å². The monoisotopic (exact) mass is 374 g/mol. The van der Waals surface area contributed by atoms with Crippen LogP contribution in [-0.2, 0) is 4.79 Å². The number of nitrogens with one attached hydrogen (secondary N) is 3. The number of anilines is 2. The van der Waals surface area contributed by atoms with E-state index in [0.29, 0.717) is 10.1 Å². The predicted octanol–water partition coefficient (Wildman–Crippen LogP) is 4.32. The third-order valence-electron chi connectivity index (χ3n) is 3.44. The van der Waals surface area contributed by atoms with E-state index < -0.39 is 0 Å². The molecule has 0 atom stereocenters. The minimum Gasteiger partial charge on any atom is -0.331 e. The standard InChI is InChI=1S/C18H19ClN4OS/c1-11-16(19)8-5-9-17(11)21-18(25)23-22-12(2)14-6-4-7-15(10-14)20-13(3)24/h4-10H,1-3H3,(H,20,24)(H2,21,23,25)/b22-12-. The number of carbonyl (C=O) groups is 1. The normalized spacial score (nSPS) is 11.0. The van der Waals surface area contributed by atoms with Gasteiger partial charge in [-0.15, -0.1) is 0 Å². The molecule has 2 aromatic rings. The number of amides is 1. The van der Waals surface area contributed by atoms with Crippen molar-refractivity contribution in [2.75, 3.05) is 10.6 Å². The maximum absolute atomic E-state index is 11.1. The molecule has 0 heterocycles. The van der Waals surface area contributed by atoms with Gasteiger partial charge in [0, 0.05) is 23.3 Å². The molecule has 0 aliphatic rings. The summed E-state index contributed by atoms with van der Waals surface area (Å²) in [4.78, 5) is 11.1. The molecule has 3 N–H and O–H groups in total. The molecule has 0 saturated carbocycles. The number of carbonyl (C=O) groups excluding carboxylic acids is 1. The van der Waals surface area contributed by atoms with E-state index >= 15 is 0 Å². The number of nitrogens with zero attached hydrogens (tertiary/aromatic N) is 1. The first kappa shape index (κ1) is 18.9. The first-order chi connectivity index (χ1) is 11.9. The zero-order valence-electron chi connectivity index (χ0n) is 14.2. The van der Waals surface area contributed by atoms with Crippen molar-refractivity contribution in [3.8, 4) is 0 Å². The van der Waals surface area contributed by atoms with Crippen LogP contribution in [0.15, 0.2) is 47.6 Å². The van der Waals surface area contributed by atoms with Crippen LogP contribution in [0.1, 0.15) is 25.0 Å². The van der Waals surface area contributed by atoms with E-state index in [1.165, 1.54) is 6.92 Å². The van der Waals surface area contributed by atoms with Gasteiger partial charge < -0.3 is 10.6 Å². The van der Waals surface area contributed by atoms with Crippen molar-refractivity contribution in [3.05, 3.63) is 58.6 Å². The van der Waals surface area contributed by atoms with Crippen LogP contribution >= 0.6 is 23.8 Å². The SMILES string of the molecule is CC(=O)Nc1cccc(/C(C)=N\NC(=S)Nc2cccc(Cl)c2C)c1. The highest BCUT2D eigenvalue weighted by atomic mass is 35.5. The van der Waals surface area contributed by atoms with Crippen molar-refractivity contribution < 1.29 is 4.79 Å². The number of hydrogen-bond acceptors (Lipinski definition) is 3. The lowest BCUT2D eigenvalue weighted by atomic mass is 10.1. The highest BCUT2D eigenvalue weighted by molar-refractivity contribution is 7.80. The smallest absolute Gasteiger partial charge is 0.221 e. The molecule has 0 unspecified atom stereocenters. The average molecular weight is 375 g/mol. The summed E-state index contributed by atoms with van der Waals surface area (Å²) in [5.74, 6) is -0.118. The Labute approximate surface area is 157 Å². The number of benzene rings is 2. The quantitative estimate of drug-likeness (QED) is 0.423. The van der Waals surface area contributed by atoms with E-state index in [2.05, 4.69) is 21.2 Å². The maximum Gasteiger partial charge on any atom is 0.221 e. The topological polar surface area (TPSA) is 65.5 Å². The molecule has 0 aromatic heterocycles. The molecule has 0 fully saturated rings. The van der Waals surface area contributed by atoms with Gasteiger partial charge in [-0.3, -0.25) is 10.2 Å². The fourth-order valence-electron chi connectivity index (χ4n) is 2.12. The van der Waals surface area contributed by atoms with Gasteiger partial charge in [0.1, 0.15) is 0 Å². The number of halogens is 1. The van der Waals surface area contributed by atoms with E-state index in [4.69, 9.17) is 23.8 Å². The zero-order valence-corrected chi connectivity index (χ0v) is 15.8. The first-order valence-electron chi connectivity index (χ1n) is 7.61. The summed E-state index contributed by atoms with van der Waals surface area (Å²) in [6.45, 7) is 5.24. The molecule has 0 aliphatic heterocycles. The molecule has 1 amide bonds. The van der Waals surface area contributed by atoms with Crippen LogP contribution < -0.4 is 16.1 Å². The van der Waals surface area contributed by atoms with Gasteiger partial charge in [0.05, 0.1) is 5.71 Å². The Balaban J connectivity index is 2.04. The van der Waals surface area contributed by atoms with Crippen molar-refractivity contribution in [1.82, 2.24) is 5.43 Å². The van der Waals surface area contributed by atoms with Gasteiger partial charge in [-0.1, -0.05) is 29.8 Å². The first-order valence-corrected chi connectivity index (χ1v) is 8.40. The molecule has 0 bridgehead atoms. The van der Waals surface area contributed by atoms with Gasteiger partial charge in [-0.05, 0) is 61.5 Å². The minimum atomic E-state index is -0.118. The van der Waals surface area contributed by atoms with E-state index in [1.54, 1.807) is 0 Å². The van der Waals surface area contributed by atoms with Crippen molar-refractivity contribution in [1.29, 1.82) is 0 Å². The summed E-state index contributed by atoms with van der Waals surface area (Å²) in [6.07, 6.45) is 0. The Morgan fingerprint density at radius 1 is 1.12 bits per heavy atom. The minimum absolute atomic E-state index is 0.118. The highest BCUT2D eigenvalue weighted by Gasteiger charge is 2.04. The summed E-state index contributed by atoms with van der Waals surface area (Å²) in [5, 5.41) is 11.1. The lowest BCUT2D eigenvalue weighted by molar-refractivity contribution is -0.114. The zero-order chi connectivity index (χ0) is 18.4. The van der Waals surface area contributed by atoms with Crippen LogP contribution in [-0.4, -0.2) is 16.7 Å². The Bertz CT molecular complexity index is 836. The molecule has 7 heteroatoms. The molecule has 130 valence electrons. The van der Waals surface area contributed by atoms with Crippen molar-refractivity contribution in [3.63, 3.8) is 0 Å². The molecule has 5 nitrogen and oxygen atoms in total. The fraction of sp³-hybridized carbons (Fsp3) is 0.167. The molecular weight excluding hydrogens is 356 g/mol. The lowest BCUT2D eigenvalue weighted by Crippen LogP contribution is -2.25. The largest absolute Gasteiger partial charge is 0.331 e. The van der Waals surface area contributed by atoms with Crippen molar-refractivity contribution in [2.45, 2.75) is 20.8 Å². The second-order valence-electron chi connectivity index (χ2n) is 5.44. The van der Waals surface area contributed by atoms with Gasteiger partial charge in [0.25, 0.3) is 0 Å². The van der Waals surface area contributed by atoms with E-state index in [-0.39, 0.29) is 5.91 Å². The van der Waals surface area contributed by atoms with E-state index in [9.17, 15) is 4.79 Å². The van der Waals surface area contributed by atoms with Gasteiger partial charge in [0.2, 0.25) is 5.91 Å². The molecular formula is C18H19ClN4OS. The maximum atomic E-state index is 11.1. The van der Waals surface area contributed by atoms with Gasteiger partial charge in [0.15, 0.2) is 5.11 Å². The number of hydrazone groups is 1. The molecule has 0 spiro atoms. The molecule has 2 rings (SSSR count). The van der Waals surface area contributed by atoms with Gasteiger partial charge >= 0.3 is 0 Å². The van der Waals surface area contributed by atoms with Crippen LogP contribution in [0.25, 0.3) is 0 Å². The summed E-state index contributed by atoms with van der Waals surface area (Å²) in [6, 6.07) is 13.0. The molecule has 0 aliphatic carbocycles. The fourth-order valence-corrected chi connectivity index (χ4v) is 2.45. The van der Waals surface area contributed by atoms with Crippen LogP contribution in [0, 0.1) is 6.92 Å². The summed E-state index contributed by atoms with van der Waals surface area (Å²) in [7, 11) is 0. The Morgan fingerprint density at radius 2 is 1.84 bits per heavy atom. The molecule has 25 heavy (non-hydrogen) atoms. The van der Waals surface area contributed by atoms with Crippen LogP contribution in [0.4, 0.5) is 11.4 Å². The molecule has 0 saturated heterocycles. The second kappa shape index (κ2) is 8.60. The third-order valence-corrected chi connectivity index (χ3v) is 4.04. The number of hydrogen-bond donors (Lipinski definition) is 3. The predicted molar refractivity (Wildman–Crippen MR) is 109 cm³/mol. The number of thiocarbonyl (C=S) groups is 1. The average Bonchev–Trinajstić information content (AvgIpc) is 2.56. The third kappa shape index (κ3) is 5.55. The second-order valence-corrected chi connectivity index (χ2v) is 6.25. The summed E-state index contributed by atoms with van der Waals surface area (Å²) >= 11 is 11.4. The van der Waals surface area contributed by atoms with E-state index in [0.717, 1.165) is 28.2 Å². The summed E-state index contributed by atoms with van der Waals surface area (Å²) in [5.41, 5.74) is 6.88.